The Hall–Kier alpha value is -1.01. The summed E-state index contributed by atoms with van der Waals surface area (Å²) in [5.41, 5.74) is 5.50. The van der Waals surface area contributed by atoms with Gasteiger partial charge in [-0.05, 0) is 13.3 Å². The van der Waals surface area contributed by atoms with Gasteiger partial charge in [-0.3, -0.25) is 4.79 Å². The van der Waals surface area contributed by atoms with Gasteiger partial charge in [0.1, 0.15) is 6.42 Å². The van der Waals surface area contributed by atoms with Crippen LogP contribution >= 0.6 is 0 Å². The summed E-state index contributed by atoms with van der Waals surface area (Å²) in [6.07, 6.45) is 1.30. The van der Waals surface area contributed by atoms with Crippen LogP contribution in [0.3, 0.4) is 0 Å². The molecule has 1 atom stereocenters. The Labute approximate surface area is 73.0 Å². The van der Waals surface area contributed by atoms with E-state index in [2.05, 4.69) is 11.8 Å². The van der Waals surface area contributed by atoms with Gasteiger partial charge in [0.2, 0.25) is 0 Å². The topological polar surface area (TPSA) is 63.3 Å². The molecule has 1 unspecified atom stereocenters. The number of hydrogen-bond donors (Lipinski definition) is 2. The van der Waals surface area contributed by atoms with Crippen LogP contribution in [0.25, 0.3) is 0 Å². The minimum absolute atomic E-state index is 0.0974. The Morgan fingerprint density at radius 2 is 2.17 bits per heavy atom. The Bertz CT molecular complexity index is 210. The zero-order valence-corrected chi connectivity index (χ0v) is 7.55. The van der Waals surface area contributed by atoms with Gasteiger partial charge in [-0.2, -0.15) is 0 Å². The van der Waals surface area contributed by atoms with Gasteiger partial charge in [-0.1, -0.05) is 12.8 Å². The average Bonchev–Trinajstić information content (AvgIpc) is 1.98. The van der Waals surface area contributed by atoms with Gasteiger partial charge in [-0.25, -0.2) is 0 Å². The molecular weight excluding hydrogens is 154 g/mol. The maximum atomic E-state index is 10.1. The number of carboxylic acids is 1. The van der Waals surface area contributed by atoms with Gasteiger partial charge in [0.05, 0.1) is 0 Å². The Morgan fingerprint density at radius 3 is 2.58 bits per heavy atom. The lowest BCUT2D eigenvalue weighted by Gasteiger charge is -2.18. The van der Waals surface area contributed by atoms with E-state index in [9.17, 15) is 4.79 Å². The highest BCUT2D eigenvalue weighted by Crippen LogP contribution is 2.08. The first-order chi connectivity index (χ1) is 5.48. The normalized spacial score (nSPS) is 14.2. The quantitative estimate of drug-likeness (QED) is 0.619. The zero-order chi connectivity index (χ0) is 9.61. The Morgan fingerprint density at radius 1 is 1.58 bits per heavy atom. The van der Waals surface area contributed by atoms with Crippen molar-refractivity contribution in [2.24, 2.45) is 5.73 Å². The van der Waals surface area contributed by atoms with Crippen LogP contribution in [0, 0.1) is 11.8 Å². The van der Waals surface area contributed by atoms with Gasteiger partial charge < -0.3 is 10.8 Å². The van der Waals surface area contributed by atoms with Crippen molar-refractivity contribution in [3.63, 3.8) is 0 Å². The second kappa shape index (κ2) is 4.78. The molecule has 0 aromatic heterocycles. The molecule has 0 aromatic carbocycles. The molecule has 3 N–H and O–H groups in total. The third kappa shape index (κ3) is 5.75. The largest absolute Gasteiger partial charge is 0.481 e. The van der Waals surface area contributed by atoms with E-state index >= 15 is 0 Å². The minimum atomic E-state index is -0.891. The van der Waals surface area contributed by atoms with Crippen molar-refractivity contribution < 1.29 is 9.90 Å². The van der Waals surface area contributed by atoms with Crippen LogP contribution in [0.15, 0.2) is 0 Å². The van der Waals surface area contributed by atoms with E-state index in [1.807, 2.05) is 13.8 Å². The van der Waals surface area contributed by atoms with Gasteiger partial charge in [0.15, 0.2) is 0 Å². The predicted molar refractivity (Wildman–Crippen MR) is 47.5 cm³/mol. The van der Waals surface area contributed by atoms with Crippen LogP contribution in [0.1, 0.15) is 33.1 Å². The molecule has 0 aliphatic rings. The molecule has 3 nitrogen and oxygen atoms in total. The lowest BCUT2D eigenvalue weighted by Crippen LogP contribution is -2.34. The van der Waals surface area contributed by atoms with E-state index in [0.29, 0.717) is 6.42 Å². The second-order valence-electron chi connectivity index (χ2n) is 3.11. The molecule has 68 valence electrons. The van der Waals surface area contributed by atoms with Crippen molar-refractivity contribution in [1.82, 2.24) is 0 Å². The summed E-state index contributed by atoms with van der Waals surface area (Å²) in [5, 5.41) is 8.27. The summed E-state index contributed by atoms with van der Waals surface area (Å²) >= 11 is 0. The molecule has 0 saturated heterocycles. The van der Waals surface area contributed by atoms with Crippen molar-refractivity contribution in [1.29, 1.82) is 0 Å². The summed E-state index contributed by atoms with van der Waals surface area (Å²) in [6.45, 7) is 3.89. The fraction of sp³-hybridized carbons (Fsp3) is 0.667. The monoisotopic (exact) mass is 169 g/mol. The Kier molecular flexibility index (Phi) is 4.38. The van der Waals surface area contributed by atoms with Crippen molar-refractivity contribution in [2.45, 2.75) is 38.6 Å². The highest BCUT2D eigenvalue weighted by molar-refractivity contribution is 5.69. The number of nitrogens with two attached hydrogens (primary N) is 1. The van der Waals surface area contributed by atoms with Crippen molar-refractivity contribution in [3.8, 4) is 11.8 Å². The van der Waals surface area contributed by atoms with Crippen molar-refractivity contribution >= 4 is 5.97 Å². The summed E-state index contributed by atoms with van der Waals surface area (Å²) < 4.78 is 0. The number of carbonyl (C=O) groups is 1. The third-order valence-corrected chi connectivity index (χ3v) is 1.66. The molecule has 0 heterocycles. The lowest BCUT2D eigenvalue weighted by molar-refractivity contribution is -0.135. The molecule has 0 amide bonds. The standard InChI is InChI=1S/C9H15NO2/c1-3-9(2,10)7-5-4-6-8(11)12/h3,6-7,10H2,1-2H3,(H,11,12). The van der Waals surface area contributed by atoms with Crippen LogP contribution in [0.5, 0.6) is 0 Å². The van der Waals surface area contributed by atoms with Crippen LogP contribution in [-0.2, 0) is 4.79 Å². The maximum Gasteiger partial charge on any atom is 0.315 e. The zero-order valence-electron chi connectivity index (χ0n) is 7.55. The van der Waals surface area contributed by atoms with Crippen LogP contribution in [0.2, 0.25) is 0 Å². The summed E-state index contributed by atoms with van der Waals surface area (Å²) in [7, 11) is 0. The smallest absolute Gasteiger partial charge is 0.315 e. The first-order valence-corrected chi connectivity index (χ1v) is 3.94. The SMILES string of the molecule is CCC(C)(N)CC#CCC(=O)O. The van der Waals surface area contributed by atoms with Gasteiger partial charge >= 0.3 is 5.97 Å². The molecule has 0 radical (unpaired) electrons. The second-order valence-corrected chi connectivity index (χ2v) is 3.11. The van der Waals surface area contributed by atoms with Crippen molar-refractivity contribution in [2.75, 3.05) is 0 Å². The lowest BCUT2D eigenvalue weighted by atomic mass is 9.97. The minimum Gasteiger partial charge on any atom is -0.481 e. The first-order valence-electron chi connectivity index (χ1n) is 3.94. The van der Waals surface area contributed by atoms with Crippen LogP contribution in [0.4, 0.5) is 0 Å². The fourth-order valence-corrected chi connectivity index (χ4v) is 0.528. The van der Waals surface area contributed by atoms with E-state index in [4.69, 9.17) is 10.8 Å². The molecule has 0 aliphatic heterocycles. The number of hydrogen-bond acceptors (Lipinski definition) is 2. The number of carboxylic acid groups (broad SMARTS) is 1. The number of aliphatic carboxylic acids is 1. The molecule has 3 heteroatoms. The van der Waals surface area contributed by atoms with E-state index in [1.54, 1.807) is 0 Å². The van der Waals surface area contributed by atoms with Crippen LogP contribution in [-0.4, -0.2) is 16.6 Å². The third-order valence-electron chi connectivity index (χ3n) is 1.66. The summed E-state index contributed by atoms with van der Waals surface area (Å²) in [5.74, 6) is 4.41. The van der Waals surface area contributed by atoms with E-state index < -0.39 is 5.97 Å². The number of rotatable bonds is 3. The molecule has 0 saturated carbocycles. The molecule has 0 aliphatic carbocycles. The summed E-state index contributed by atoms with van der Waals surface area (Å²) in [4.78, 5) is 10.1. The van der Waals surface area contributed by atoms with Gasteiger partial charge in [-0.15, -0.1) is 5.92 Å². The molecule has 0 spiro atoms. The maximum absolute atomic E-state index is 10.1. The molecule has 0 rings (SSSR count). The average molecular weight is 169 g/mol. The highest BCUT2D eigenvalue weighted by atomic mass is 16.4. The molecule has 0 bridgehead atoms. The molecule has 0 fully saturated rings. The highest BCUT2D eigenvalue weighted by Gasteiger charge is 2.12. The fourth-order valence-electron chi connectivity index (χ4n) is 0.528. The van der Waals surface area contributed by atoms with Crippen LogP contribution < -0.4 is 5.73 Å². The predicted octanol–water partition coefficient (Wildman–Crippen LogP) is 0.982. The molecule has 0 aromatic rings. The summed E-state index contributed by atoms with van der Waals surface area (Å²) in [6, 6.07) is 0. The molecule has 12 heavy (non-hydrogen) atoms. The van der Waals surface area contributed by atoms with Gasteiger partial charge in [0, 0.05) is 12.0 Å². The molecular formula is C9H15NO2. The van der Waals surface area contributed by atoms with E-state index in [1.165, 1.54) is 0 Å². The van der Waals surface area contributed by atoms with E-state index in [-0.39, 0.29) is 12.0 Å². The van der Waals surface area contributed by atoms with Gasteiger partial charge in [0.25, 0.3) is 0 Å². The first kappa shape index (κ1) is 11.0. The van der Waals surface area contributed by atoms with E-state index in [0.717, 1.165) is 6.42 Å². The Balaban J connectivity index is 3.78. The van der Waals surface area contributed by atoms with Crippen molar-refractivity contribution in [3.05, 3.63) is 0 Å².